The maximum absolute atomic E-state index is 5.13. The summed E-state index contributed by atoms with van der Waals surface area (Å²) in [5, 5.41) is 3.47. The Morgan fingerprint density at radius 3 is 2.03 bits per heavy atom. The van der Waals surface area contributed by atoms with Crippen LogP contribution in [-0.2, 0) is 11.2 Å². The minimum Gasteiger partial charge on any atom is -0.381 e. The molecule has 0 aromatic heterocycles. The first-order valence-corrected chi connectivity index (χ1v) is 12.1. The first kappa shape index (κ1) is 26.2. The highest BCUT2D eigenvalue weighted by molar-refractivity contribution is 5.74. The molecule has 1 N–H and O–H groups in total. The fourth-order valence-electron chi connectivity index (χ4n) is 3.57. The summed E-state index contributed by atoms with van der Waals surface area (Å²) in [4.78, 5) is 2.17. The van der Waals surface area contributed by atoms with E-state index in [1.54, 1.807) is 0 Å². The number of anilines is 4. The molecule has 0 radical (unpaired) electrons. The van der Waals surface area contributed by atoms with Crippen LogP contribution in [0, 0.1) is 13.8 Å². The average Bonchev–Trinajstić information content (AvgIpc) is 2.83. The van der Waals surface area contributed by atoms with Crippen LogP contribution >= 0.6 is 0 Å². The van der Waals surface area contributed by atoms with Gasteiger partial charge in [0, 0.05) is 42.2 Å². The third-order valence-corrected chi connectivity index (χ3v) is 5.31. The highest BCUT2D eigenvalue weighted by Crippen LogP contribution is 2.33. The molecule has 0 atom stereocenters. The Labute approximate surface area is 201 Å². The van der Waals surface area contributed by atoms with E-state index in [4.69, 9.17) is 4.74 Å². The van der Waals surface area contributed by atoms with E-state index in [2.05, 4.69) is 118 Å². The van der Waals surface area contributed by atoms with E-state index in [9.17, 15) is 0 Å². The number of nitrogens with one attached hydrogen (secondary N) is 1. The molecule has 0 saturated heterocycles. The zero-order valence-corrected chi connectivity index (χ0v) is 21.0. The number of para-hydroxylation sites is 1. The number of ether oxygens (including phenoxy) is 1. The third kappa shape index (κ3) is 8.11. The lowest BCUT2D eigenvalue weighted by Crippen LogP contribution is -2.11. The van der Waals surface area contributed by atoms with Gasteiger partial charge in [-0.1, -0.05) is 63.2 Å². The normalized spacial score (nSPS) is 10.2. The molecule has 0 fully saturated rings. The van der Waals surface area contributed by atoms with E-state index < -0.39 is 0 Å². The Morgan fingerprint density at radius 2 is 1.45 bits per heavy atom. The second-order valence-electron chi connectivity index (χ2n) is 8.14. The summed E-state index contributed by atoms with van der Waals surface area (Å²) in [6.45, 7) is 16.5. The molecule has 33 heavy (non-hydrogen) atoms. The highest BCUT2D eigenvalue weighted by Gasteiger charge is 2.12. The lowest BCUT2D eigenvalue weighted by Gasteiger charge is -2.25. The fourth-order valence-corrected chi connectivity index (χ4v) is 3.57. The summed E-state index contributed by atoms with van der Waals surface area (Å²) in [6.07, 6.45) is 5.16. The van der Waals surface area contributed by atoms with Gasteiger partial charge in [-0.05, 0) is 80.6 Å². The van der Waals surface area contributed by atoms with E-state index >= 15 is 0 Å². The molecule has 3 nitrogen and oxygen atoms in total. The van der Waals surface area contributed by atoms with Crippen LogP contribution in [0.2, 0.25) is 0 Å². The van der Waals surface area contributed by atoms with Crippen molar-refractivity contribution in [2.75, 3.05) is 23.4 Å². The van der Waals surface area contributed by atoms with Crippen molar-refractivity contribution in [1.29, 1.82) is 0 Å². The zero-order valence-electron chi connectivity index (χ0n) is 21.0. The van der Waals surface area contributed by atoms with Gasteiger partial charge in [-0.2, -0.15) is 0 Å². The predicted octanol–water partition coefficient (Wildman–Crippen LogP) is 8.71. The van der Waals surface area contributed by atoms with Gasteiger partial charge in [-0.3, -0.25) is 0 Å². The third-order valence-electron chi connectivity index (χ3n) is 5.31. The molecule has 0 heterocycles. The Kier molecular flexibility index (Phi) is 11.3. The Balaban J connectivity index is 0.000000479. The van der Waals surface area contributed by atoms with Crippen molar-refractivity contribution in [2.45, 2.75) is 53.9 Å². The van der Waals surface area contributed by atoms with Crippen molar-refractivity contribution in [1.82, 2.24) is 0 Å². The summed E-state index contributed by atoms with van der Waals surface area (Å²) in [5.74, 6) is 0. The van der Waals surface area contributed by atoms with Gasteiger partial charge in [0.05, 0.1) is 0 Å². The van der Waals surface area contributed by atoms with Crippen LogP contribution in [0.3, 0.4) is 0 Å². The van der Waals surface area contributed by atoms with E-state index in [0.717, 1.165) is 49.5 Å². The number of hydrogen-bond donors (Lipinski definition) is 1. The first-order chi connectivity index (χ1) is 16.0. The van der Waals surface area contributed by atoms with Gasteiger partial charge in [0.1, 0.15) is 0 Å². The molecule has 0 aliphatic rings. The predicted molar refractivity (Wildman–Crippen MR) is 145 cm³/mol. The monoisotopic (exact) mass is 444 g/mol. The van der Waals surface area contributed by atoms with Crippen molar-refractivity contribution in [3.8, 4) is 0 Å². The number of aryl methyl sites for hydroxylation is 3. The minimum atomic E-state index is 0.924. The van der Waals surface area contributed by atoms with Gasteiger partial charge in [-0.25, -0.2) is 0 Å². The van der Waals surface area contributed by atoms with Crippen LogP contribution in [-0.4, -0.2) is 13.2 Å². The first-order valence-electron chi connectivity index (χ1n) is 12.1. The van der Waals surface area contributed by atoms with Crippen molar-refractivity contribution < 1.29 is 4.74 Å². The summed E-state index contributed by atoms with van der Waals surface area (Å²) < 4.78 is 5.13. The van der Waals surface area contributed by atoms with Crippen LogP contribution in [0.15, 0.2) is 79.5 Å². The fraction of sp³-hybridized carbons (Fsp3) is 0.333. The molecule has 3 heteroatoms. The maximum Gasteiger partial charge on any atom is 0.0487 e. The van der Waals surface area contributed by atoms with Crippen LogP contribution in [0.1, 0.15) is 50.3 Å². The summed E-state index contributed by atoms with van der Waals surface area (Å²) in [6, 6.07) is 23.4. The van der Waals surface area contributed by atoms with E-state index in [0.29, 0.717) is 0 Å². The molecule has 0 unspecified atom stereocenters. The Morgan fingerprint density at radius 1 is 0.818 bits per heavy atom. The van der Waals surface area contributed by atoms with Gasteiger partial charge in [0.15, 0.2) is 0 Å². The van der Waals surface area contributed by atoms with Crippen LogP contribution < -0.4 is 10.2 Å². The molecule has 0 bridgehead atoms. The molecule has 3 rings (SSSR count). The van der Waals surface area contributed by atoms with Crippen molar-refractivity contribution in [3.05, 3.63) is 96.2 Å². The van der Waals surface area contributed by atoms with Gasteiger partial charge in [0.2, 0.25) is 0 Å². The highest BCUT2D eigenvalue weighted by atomic mass is 16.5. The topological polar surface area (TPSA) is 24.5 Å². The number of nitrogens with zero attached hydrogens (tertiary/aromatic N) is 1. The second kappa shape index (κ2) is 14.2. The molecule has 0 spiro atoms. The Bertz CT molecular complexity index is 975. The summed E-state index contributed by atoms with van der Waals surface area (Å²) in [7, 11) is 0. The summed E-state index contributed by atoms with van der Waals surface area (Å²) >= 11 is 0. The van der Waals surface area contributed by atoms with Crippen molar-refractivity contribution >= 4 is 22.7 Å². The maximum atomic E-state index is 5.13. The largest absolute Gasteiger partial charge is 0.381 e. The Hall–Kier alpha value is -3.04. The average molecular weight is 445 g/mol. The molecular formula is C30H40N2O. The standard InChI is InChI=1S/C24H26N2.C6H14O/c1-5-20-9-7-8-10-24(20)26(6-2)23-16-15-22(17-19(23)4)25-21-13-11-18(3)12-14-21;1-3-5-7-6-4-2/h6-17,25H,2,5H2,1,3-4H3;3-6H2,1-2H3. The van der Waals surface area contributed by atoms with Gasteiger partial charge >= 0.3 is 0 Å². The van der Waals surface area contributed by atoms with Gasteiger partial charge in [-0.15, -0.1) is 0 Å². The number of rotatable bonds is 10. The number of hydrogen-bond acceptors (Lipinski definition) is 3. The molecule has 0 aliphatic carbocycles. The van der Waals surface area contributed by atoms with Crippen molar-refractivity contribution in [2.24, 2.45) is 0 Å². The molecule has 0 aliphatic heterocycles. The molecule has 0 amide bonds. The molecular weight excluding hydrogens is 404 g/mol. The molecule has 176 valence electrons. The van der Waals surface area contributed by atoms with Crippen LogP contribution in [0.4, 0.5) is 22.7 Å². The van der Waals surface area contributed by atoms with E-state index in [-0.39, 0.29) is 0 Å². The van der Waals surface area contributed by atoms with Gasteiger partial charge in [0.25, 0.3) is 0 Å². The quantitative estimate of drug-likeness (QED) is 0.316. The second-order valence-corrected chi connectivity index (χ2v) is 8.14. The summed E-state index contributed by atoms with van der Waals surface area (Å²) in [5.41, 5.74) is 8.30. The molecule has 3 aromatic carbocycles. The zero-order chi connectivity index (χ0) is 24.1. The lowest BCUT2D eigenvalue weighted by atomic mass is 10.1. The smallest absolute Gasteiger partial charge is 0.0487 e. The van der Waals surface area contributed by atoms with Crippen LogP contribution in [0.25, 0.3) is 0 Å². The SMILES string of the molecule is C=CN(c1ccc(Nc2ccc(C)cc2)cc1C)c1ccccc1CC.CCCOCCC. The van der Waals surface area contributed by atoms with Gasteiger partial charge < -0.3 is 15.0 Å². The molecule has 3 aromatic rings. The molecule has 0 saturated carbocycles. The lowest BCUT2D eigenvalue weighted by molar-refractivity contribution is 0.135. The minimum absolute atomic E-state index is 0.924. The van der Waals surface area contributed by atoms with Crippen molar-refractivity contribution in [3.63, 3.8) is 0 Å². The number of benzene rings is 3. The van der Waals surface area contributed by atoms with E-state index in [1.165, 1.54) is 22.4 Å². The van der Waals surface area contributed by atoms with Crippen LogP contribution in [0.5, 0.6) is 0 Å². The van der Waals surface area contributed by atoms with E-state index in [1.807, 2.05) is 6.20 Å².